The summed E-state index contributed by atoms with van der Waals surface area (Å²) in [7, 11) is 0. The minimum Gasteiger partial charge on any atom is -0.481 e. The van der Waals surface area contributed by atoms with Gasteiger partial charge in [0, 0.05) is 11.7 Å². The van der Waals surface area contributed by atoms with E-state index in [0.717, 1.165) is 36.5 Å². The number of hydrogen-bond donors (Lipinski definition) is 1. The van der Waals surface area contributed by atoms with Gasteiger partial charge in [0.05, 0.1) is 12.1 Å². The zero-order valence-electron chi connectivity index (χ0n) is 9.16. The Morgan fingerprint density at radius 1 is 1.67 bits per heavy atom. The van der Waals surface area contributed by atoms with Crippen molar-refractivity contribution in [3.8, 4) is 0 Å². The summed E-state index contributed by atoms with van der Waals surface area (Å²) >= 11 is 0. The molecule has 1 atom stereocenters. The van der Waals surface area contributed by atoms with Crippen LogP contribution in [-0.2, 0) is 17.6 Å². The number of carbonyl (C=O) groups is 1. The van der Waals surface area contributed by atoms with Crippen molar-refractivity contribution in [2.45, 2.75) is 45.6 Å². The number of aromatic nitrogens is 2. The van der Waals surface area contributed by atoms with Crippen LogP contribution in [0.4, 0.5) is 0 Å². The van der Waals surface area contributed by atoms with Crippen LogP contribution in [0, 0.1) is 6.92 Å². The first-order valence-electron chi connectivity index (χ1n) is 5.38. The molecule has 0 spiro atoms. The van der Waals surface area contributed by atoms with Gasteiger partial charge in [-0.1, -0.05) is 0 Å². The van der Waals surface area contributed by atoms with E-state index in [-0.39, 0.29) is 6.42 Å². The fraction of sp³-hybridized carbons (Fsp3) is 0.636. The van der Waals surface area contributed by atoms with Gasteiger partial charge in [-0.05, 0) is 33.1 Å². The van der Waals surface area contributed by atoms with Gasteiger partial charge in [0.25, 0.3) is 0 Å². The third-order valence-electron chi connectivity index (χ3n) is 3.06. The first-order valence-corrected chi connectivity index (χ1v) is 5.38. The van der Waals surface area contributed by atoms with Gasteiger partial charge in [-0.15, -0.1) is 0 Å². The van der Waals surface area contributed by atoms with Gasteiger partial charge in [-0.25, -0.2) is 4.98 Å². The van der Waals surface area contributed by atoms with Crippen LogP contribution in [0.15, 0.2) is 0 Å². The lowest BCUT2D eigenvalue weighted by molar-refractivity contribution is -0.136. The fourth-order valence-electron chi connectivity index (χ4n) is 2.48. The van der Waals surface area contributed by atoms with E-state index in [1.165, 1.54) is 0 Å². The Hall–Kier alpha value is -1.32. The summed E-state index contributed by atoms with van der Waals surface area (Å²) in [6, 6.07) is 0.462. The van der Waals surface area contributed by atoms with Gasteiger partial charge in [-0.2, -0.15) is 0 Å². The van der Waals surface area contributed by atoms with Crippen LogP contribution < -0.4 is 0 Å². The molecule has 15 heavy (non-hydrogen) atoms. The second-order valence-corrected chi connectivity index (χ2v) is 4.23. The maximum absolute atomic E-state index is 10.7. The Morgan fingerprint density at radius 3 is 3.07 bits per heavy atom. The van der Waals surface area contributed by atoms with Crippen molar-refractivity contribution in [3.05, 3.63) is 17.2 Å². The number of aryl methyl sites for hydroxylation is 1. The van der Waals surface area contributed by atoms with Crippen LogP contribution in [0.2, 0.25) is 0 Å². The molecular formula is C11H16N2O2. The van der Waals surface area contributed by atoms with Crippen molar-refractivity contribution in [2.24, 2.45) is 0 Å². The molecule has 0 saturated carbocycles. The quantitative estimate of drug-likeness (QED) is 0.805. The van der Waals surface area contributed by atoms with Crippen molar-refractivity contribution >= 4 is 5.97 Å². The molecule has 0 amide bonds. The summed E-state index contributed by atoms with van der Waals surface area (Å²) in [5, 5.41) is 8.79. The predicted molar refractivity (Wildman–Crippen MR) is 56.0 cm³/mol. The van der Waals surface area contributed by atoms with Crippen LogP contribution in [0.1, 0.15) is 43.0 Å². The van der Waals surface area contributed by atoms with E-state index in [0.29, 0.717) is 6.04 Å². The van der Waals surface area contributed by atoms with Crippen molar-refractivity contribution in [1.29, 1.82) is 0 Å². The molecule has 1 unspecified atom stereocenters. The Labute approximate surface area is 88.9 Å². The van der Waals surface area contributed by atoms with Crippen LogP contribution in [-0.4, -0.2) is 20.6 Å². The van der Waals surface area contributed by atoms with Crippen LogP contribution in [0.3, 0.4) is 0 Å². The summed E-state index contributed by atoms with van der Waals surface area (Å²) in [6.07, 6.45) is 3.32. The van der Waals surface area contributed by atoms with E-state index >= 15 is 0 Å². The van der Waals surface area contributed by atoms with Crippen molar-refractivity contribution in [1.82, 2.24) is 9.55 Å². The Bertz CT molecular complexity index is 396. The Morgan fingerprint density at radius 2 is 2.40 bits per heavy atom. The number of fused-ring (bicyclic) bond motifs is 1. The third-order valence-corrected chi connectivity index (χ3v) is 3.06. The SMILES string of the molecule is Cc1nc(CC(=O)O)c2n1C(C)CCC2. The first-order chi connectivity index (χ1) is 7.09. The van der Waals surface area contributed by atoms with E-state index < -0.39 is 5.97 Å². The number of carboxylic acid groups (broad SMARTS) is 1. The molecule has 2 rings (SSSR count). The number of imidazole rings is 1. The average molecular weight is 208 g/mol. The molecule has 0 aromatic carbocycles. The standard InChI is InChI=1S/C11H16N2O2/c1-7-4-3-5-10-9(6-11(14)15)12-8(2)13(7)10/h7H,3-6H2,1-2H3,(H,14,15). The number of rotatable bonds is 2. The van der Waals surface area contributed by atoms with Crippen molar-refractivity contribution < 1.29 is 9.90 Å². The van der Waals surface area contributed by atoms with Gasteiger partial charge < -0.3 is 9.67 Å². The van der Waals surface area contributed by atoms with Gasteiger partial charge in [0.1, 0.15) is 5.82 Å². The molecule has 0 bridgehead atoms. The summed E-state index contributed by atoms with van der Waals surface area (Å²) < 4.78 is 2.20. The van der Waals surface area contributed by atoms with E-state index in [1.54, 1.807) is 0 Å². The van der Waals surface area contributed by atoms with E-state index in [1.807, 2.05) is 6.92 Å². The lowest BCUT2D eigenvalue weighted by Gasteiger charge is -2.23. The molecule has 2 heterocycles. The normalized spacial score (nSPS) is 20.0. The highest BCUT2D eigenvalue weighted by Gasteiger charge is 2.23. The highest BCUT2D eigenvalue weighted by atomic mass is 16.4. The second-order valence-electron chi connectivity index (χ2n) is 4.23. The molecule has 1 aromatic heterocycles. The zero-order valence-corrected chi connectivity index (χ0v) is 9.16. The number of hydrogen-bond acceptors (Lipinski definition) is 2. The molecule has 1 aliphatic rings. The van der Waals surface area contributed by atoms with E-state index in [4.69, 9.17) is 5.11 Å². The van der Waals surface area contributed by atoms with Crippen molar-refractivity contribution in [3.63, 3.8) is 0 Å². The highest BCUT2D eigenvalue weighted by molar-refractivity contribution is 5.70. The largest absolute Gasteiger partial charge is 0.481 e. The Kier molecular flexibility index (Phi) is 2.50. The highest BCUT2D eigenvalue weighted by Crippen LogP contribution is 2.28. The van der Waals surface area contributed by atoms with Gasteiger partial charge in [0.15, 0.2) is 0 Å². The smallest absolute Gasteiger partial charge is 0.309 e. The van der Waals surface area contributed by atoms with E-state index in [9.17, 15) is 4.79 Å². The first kappa shape index (κ1) is 10.2. The molecule has 0 saturated heterocycles. The Balaban J connectivity index is 2.41. The number of aliphatic carboxylic acids is 1. The van der Waals surface area contributed by atoms with Crippen LogP contribution >= 0.6 is 0 Å². The average Bonchev–Trinajstić information content (AvgIpc) is 2.44. The monoisotopic (exact) mass is 208 g/mol. The van der Waals surface area contributed by atoms with E-state index in [2.05, 4.69) is 16.5 Å². The molecule has 1 aliphatic heterocycles. The summed E-state index contributed by atoms with van der Waals surface area (Å²) in [5.41, 5.74) is 1.89. The van der Waals surface area contributed by atoms with Gasteiger partial charge in [-0.3, -0.25) is 4.79 Å². The van der Waals surface area contributed by atoms with Crippen LogP contribution in [0.25, 0.3) is 0 Å². The molecule has 0 radical (unpaired) electrons. The summed E-state index contributed by atoms with van der Waals surface area (Å²) in [4.78, 5) is 15.1. The van der Waals surface area contributed by atoms with Gasteiger partial charge >= 0.3 is 5.97 Å². The topological polar surface area (TPSA) is 55.1 Å². The molecule has 1 N–H and O–H groups in total. The minimum absolute atomic E-state index is 0.0515. The van der Waals surface area contributed by atoms with Gasteiger partial charge in [0.2, 0.25) is 0 Å². The maximum Gasteiger partial charge on any atom is 0.309 e. The molecule has 4 nitrogen and oxygen atoms in total. The number of nitrogens with zero attached hydrogens (tertiary/aromatic N) is 2. The summed E-state index contributed by atoms with van der Waals surface area (Å²) in [5.74, 6) is 0.155. The molecule has 0 fully saturated rings. The van der Waals surface area contributed by atoms with Crippen LogP contribution in [0.5, 0.6) is 0 Å². The zero-order chi connectivity index (χ0) is 11.0. The molecule has 0 aliphatic carbocycles. The molecular weight excluding hydrogens is 192 g/mol. The lowest BCUT2D eigenvalue weighted by atomic mass is 10.0. The minimum atomic E-state index is -0.797. The molecule has 82 valence electrons. The number of carboxylic acids is 1. The molecule has 4 heteroatoms. The maximum atomic E-state index is 10.7. The molecule has 1 aromatic rings. The van der Waals surface area contributed by atoms with Crippen molar-refractivity contribution in [2.75, 3.05) is 0 Å². The third kappa shape index (κ3) is 1.76. The predicted octanol–water partition coefficient (Wildman–Crippen LogP) is 1.72. The summed E-state index contributed by atoms with van der Waals surface area (Å²) in [6.45, 7) is 4.12. The lowest BCUT2D eigenvalue weighted by Crippen LogP contribution is -2.17. The second kappa shape index (κ2) is 3.68. The fourth-order valence-corrected chi connectivity index (χ4v) is 2.48.